The second kappa shape index (κ2) is 3.62. The van der Waals surface area contributed by atoms with Gasteiger partial charge < -0.3 is 15.2 Å². The number of aliphatic carboxylic acids is 1. The van der Waals surface area contributed by atoms with Gasteiger partial charge in [0.25, 0.3) is 5.78 Å². The highest BCUT2D eigenvalue weighted by Gasteiger charge is 2.23. The van der Waals surface area contributed by atoms with Gasteiger partial charge in [0.2, 0.25) is 0 Å². The van der Waals surface area contributed by atoms with Crippen molar-refractivity contribution in [2.24, 2.45) is 0 Å². The molecule has 0 amide bonds. The van der Waals surface area contributed by atoms with E-state index in [1.54, 1.807) is 12.1 Å². The lowest BCUT2D eigenvalue weighted by Crippen LogP contribution is -2.13. The maximum atomic E-state index is 11.3. The largest absolute Gasteiger partial charge is 0.505 e. The minimum Gasteiger partial charge on any atom is -0.505 e. The van der Waals surface area contributed by atoms with Crippen LogP contribution in [0, 0.1) is 13.8 Å². The van der Waals surface area contributed by atoms with Crippen molar-refractivity contribution in [1.29, 1.82) is 0 Å². The molecular formula is C12H11NO4. The normalized spacial score (nSPS) is 10.7. The number of ketones is 1. The minimum absolute atomic E-state index is 0.280. The molecule has 2 rings (SSSR count). The molecule has 0 spiro atoms. The number of aromatic nitrogens is 1. The van der Waals surface area contributed by atoms with Crippen LogP contribution in [0.2, 0.25) is 0 Å². The number of aromatic amines is 1. The van der Waals surface area contributed by atoms with Crippen LogP contribution in [-0.2, 0) is 4.79 Å². The summed E-state index contributed by atoms with van der Waals surface area (Å²) in [7, 11) is 0. The van der Waals surface area contributed by atoms with Crippen molar-refractivity contribution in [3.8, 4) is 5.75 Å². The standard InChI is InChI=1S/C12H11NO4/c1-5-3-7-8(4-6(5)2)13-9(10(7)14)11(15)12(16)17/h3-4,13-14H,1-2H3,(H,16,17). The Morgan fingerprint density at radius 3 is 2.35 bits per heavy atom. The number of rotatable bonds is 2. The van der Waals surface area contributed by atoms with Crippen molar-refractivity contribution < 1.29 is 19.8 Å². The highest BCUT2D eigenvalue weighted by atomic mass is 16.4. The number of carboxylic acid groups (broad SMARTS) is 1. The summed E-state index contributed by atoms with van der Waals surface area (Å²) in [5.74, 6) is -3.05. The SMILES string of the molecule is Cc1cc2[nH]c(C(=O)C(=O)O)c(O)c2cc1C. The number of carbonyl (C=O) groups excluding carboxylic acids is 1. The Bertz CT molecular complexity index is 639. The molecule has 0 saturated carbocycles. The van der Waals surface area contributed by atoms with E-state index in [0.717, 1.165) is 11.1 Å². The first-order valence-corrected chi connectivity index (χ1v) is 5.01. The molecule has 0 bridgehead atoms. The van der Waals surface area contributed by atoms with Gasteiger partial charge in [-0.2, -0.15) is 0 Å². The van der Waals surface area contributed by atoms with Gasteiger partial charge in [-0.25, -0.2) is 4.79 Å². The number of Topliss-reactive ketones (excluding diaryl/α,β-unsaturated/α-hetero) is 1. The Kier molecular flexibility index (Phi) is 2.38. The van der Waals surface area contributed by atoms with Crippen molar-refractivity contribution in [2.45, 2.75) is 13.8 Å². The first kappa shape index (κ1) is 11.2. The molecule has 1 heterocycles. The van der Waals surface area contributed by atoms with Crippen LogP contribution in [0.25, 0.3) is 10.9 Å². The molecule has 17 heavy (non-hydrogen) atoms. The van der Waals surface area contributed by atoms with E-state index in [0.29, 0.717) is 10.9 Å². The fourth-order valence-corrected chi connectivity index (χ4v) is 1.72. The lowest BCUT2D eigenvalue weighted by molar-refractivity contribution is -0.131. The van der Waals surface area contributed by atoms with Gasteiger partial charge in [0, 0.05) is 5.39 Å². The molecule has 0 saturated heterocycles. The van der Waals surface area contributed by atoms with Crippen LogP contribution < -0.4 is 0 Å². The number of H-pyrrole nitrogens is 1. The van der Waals surface area contributed by atoms with Crippen LogP contribution in [0.5, 0.6) is 5.75 Å². The van der Waals surface area contributed by atoms with Crippen LogP contribution in [0.3, 0.4) is 0 Å². The third kappa shape index (κ3) is 1.65. The Labute approximate surface area is 96.7 Å². The molecule has 3 N–H and O–H groups in total. The van der Waals surface area contributed by atoms with Gasteiger partial charge in [-0.15, -0.1) is 0 Å². The van der Waals surface area contributed by atoms with Gasteiger partial charge in [0.05, 0.1) is 5.52 Å². The zero-order chi connectivity index (χ0) is 12.7. The van der Waals surface area contributed by atoms with E-state index in [-0.39, 0.29) is 11.4 Å². The van der Waals surface area contributed by atoms with E-state index in [2.05, 4.69) is 4.98 Å². The second-order valence-corrected chi connectivity index (χ2v) is 3.96. The lowest BCUT2D eigenvalue weighted by atomic mass is 10.1. The van der Waals surface area contributed by atoms with Gasteiger partial charge in [0.15, 0.2) is 5.75 Å². The summed E-state index contributed by atoms with van der Waals surface area (Å²) in [5, 5.41) is 18.9. The number of carbonyl (C=O) groups is 2. The summed E-state index contributed by atoms with van der Waals surface area (Å²) in [4.78, 5) is 24.5. The average Bonchev–Trinajstić information content (AvgIpc) is 2.56. The second-order valence-electron chi connectivity index (χ2n) is 3.96. The lowest BCUT2D eigenvalue weighted by Gasteiger charge is -1.99. The van der Waals surface area contributed by atoms with Crippen LogP contribution in [-0.4, -0.2) is 26.9 Å². The molecule has 0 unspecified atom stereocenters. The van der Waals surface area contributed by atoms with Gasteiger partial charge in [-0.05, 0) is 37.1 Å². The van der Waals surface area contributed by atoms with Crippen molar-refractivity contribution in [3.05, 3.63) is 29.0 Å². The van der Waals surface area contributed by atoms with E-state index in [4.69, 9.17) is 5.11 Å². The van der Waals surface area contributed by atoms with E-state index >= 15 is 0 Å². The number of nitrogens with one attached hydrogen (secondary N) is 1. The number of carboxylic acids is 1. The molecule has 0 aliphatic heterocycles. The van der Waals surface area contributed by atoms with Crippen molar-refractivity contribution in [3.63, 3.8) is 0 Å². The summed E-state index contributed by atoms with van der Waals surface area (Å²) < 4.78 is 0. The zero-order valence-corrected chi connectivity index (χ0v) is 9.37. The smallest absolute Gasteiger partial charge is 0.378 e. The molecular weight excluding hydrogens is 222 g/mol. The molecule has 0 radical (unpaired) electrons. The number of aryl methyl sites for hydroxylation is 2. The molecule has 5 nitrogen and oxygen atoms in total. The van der Waals surface area contributed by atoms with E-state index in [9.17, 15) is 14.7 Å². The summed E-state index contributed by atoms with van der Waals surface area (Å²) in [5.41, 5.74) is 2.22. The van der Waals surface area contributed by atoms with Gasteiger partial charge in [0.1, 0.15) is 5.69 Å². The Morgan fingerprint density at radius 2 is 1.76 bits per heavy atom. The first-order chi connectivity index (χ1) is 7.91. The molecule has 5 heteroatoms. The molecule has 2 aromatic rings. The van der Waals surface area contributed by atoms with Crippen LogP contribution in [0.1, 0.15) is 21.6 Å². The molecule has 0 fully saturated rings. The number of benzene rings is 1. The molecule has 0 aliphatic carbocycles. The molecule has 88 valence electrons. The van der Waals surface area contributed by atoms with Crippen LogP contribution >= 0.6 is 0 Å². The third-order valence-corrected chi connectivity index (χ3v) is 2.81. The van der Waals surface area contributed by atoms with Gasteiger partial charge in [-0.3, -0.25) is 4.79 Å². The van der Waals surface area contributed by atoms with Crippen molar-refractivity contribution >= 4 is 22.7 Å². The number of fused-ring (bicyclic) bond motifs is 1. The molecule has 1 aromatic carbocycles. The summed E-state index contributed by atoms with van der Waals surface area (Å²) in [6.07, 6.45) is 0. The topological polar surface area (TPSA) is 90.4 Å². The molecule has 1 aromatic heterocycles. The van der Waals surface area contributed by atoms with Crippen LogP contribution in [0.4, 0.5) is 0 Å². The third-order valence-electron chi connectivity index (χ3n) is 2.81. The molecule has 0 aliphatic rings. The minimum atomic E-state index is -1.60. The highest BCUT2D eigenvalue weighted by molar-refractivity contribution is 6.40. The molecule has 0 atom stereocenters. The maximum Gasteiger partial charge on any atom is 0.378 e. The van der Waals surface area contributed by atoms with E-state index in [1.165, 1.54) is 0 Å². The summed E-state index contributed by atoms with van der Waals surface area (Å²) in [6.45, 7) is 3.77. The monoisotopic (exact) mass is 233 g/mol. The van der Waals surface area contributed by atoms with Gasteiger partial charge in [-0.1, -0.05) is 0 Å². The number of hydrogen-bond acceptors (Lipinski definition) is 3. The fraction of sp³-hybridized carbons (Fsp3) is 0.167. The maximum absolute atomic E-state index is 11.3. The number of hydrogen-bond donors (Lipinski definition) is 3. The van der Waals surface area contributed by atoms with Crippen molar-refractivity contribution in [2.75, 3.05) is 0 Å². The first-order valence-electron chi connectivity index (χ1n) is 5.01. The fourth-order valence-electron chi connectivity index (χ4n) is 1.72. The summed E-state index contributed by atoms with van der Waals surface area (Å²) in [6, 6.07) is 3.48. The predicted molar refractivity (Wildman–Crippen MR) is 61.4 cm³/mol. The Hall–Kier alpha value is -2.30. The highest BCUT2D eigenvalue weighted by Crippen LogP contribution is 2.31. The predicted octanol–water partition coefficient (Wildman–Crippen LogP) is 1.76. The summed E-state index contributed by atoms with van der Waals surface area (Å²) >= 11 is 0. The van der Waals surface area contributed by atoms with Crippen molar-refractivity contribution in [1.82, 2.24) is 4.98 Å². The van der Waals surface area contributed by atoms with Gasteiger partial charge >= 0.3 is 5.97 Å². The van der Waals surface area contributed by atoms with Crippen LogP contribution in [0.15, 0.2) is 12.1 Å². The Morgan fingerprint density at radius 1 is 1.18 bits per heavy atom. The van der Waals surface area contributed by atoms with E-state index in [1.807, 2.05) is 13.8 Å². The zero-order valence-electron chi connectivity index (χ0n) is 9.37. The number of aromatic hydroxyl groups is 1. The quantitative estimate of drug-likeness (QED) is 0.544. The average molecular weight is 233 g/mol. The van der Waals surface area contributed by atoms with E-state index < -0.39 is 11.8 Å². The Balaban J connectivity index is 2.73.